The van der Waals surface area contributed by atoms with Crippen LogP contribution < -0.4 is 5.32 Å². The molecule has 6 nitrogen and oxygen atoms in total. The molecule has 0 spiro atoms. The molecule has 1 amide bonds. The van der Waals surface area contributed by atoms with E-state index in [0.29, 0.717) is 18.7 Å². The zero-order valence-corrected chi connectivity index (χ0v) is 18.9. The van der Waals surface area contributed by atoms with Gasteiger partial charge in [0.05, 0.1) is 5.52 Å². The average Bonchev–Trinajstić information content (AvgIpc) is 3.09. The first-order valence-electron chi connectivity index (χ1n) is 11.6. The number of anilines is 1. The fourth-order valence-corrected chi connectivity index (χ4v) is 5.34. The maximum absolute atomic E-state index is 14.1. The van der Waals surface area contributed by atoms with Gasteiger partial charge in [0.2, 0.25) is 5.91 Å². The van der Waals surface area contributed by atoms with E-state index in [1.54, 1.807) is 10.6 Å². The Morgan fingerprint density at radius 3 is 2.62 bits per heavy atom. The summed E-state index contributed by atoms with van der Waals surface area (Å²) in [4.78, 5) is 28.9. The van der Waals surface area contributed by atoms with E-state index in [1.165, 1.54) is 12.1 Å². The summed E-state index contributed by atoms with van der Waals surface area (Å²) in [5.74, 6) is -0.710. The first kappa shape index (κ1) is 22.1. The summed E-state index contributed by atoms with van der Waals surface area (Å²) in [6.07, 6.45) is 2.99. The predicted octanol–water partition coefficient (Wildman–Crippen LogP) is 5.63. The van der Waals surface area contributed by atoms with Crippen molar-refractivity contribution in [3.05, 3.63) is 71.7 Å². The van der Waals surface area contributed by atoms with Gasteiger partial charge in [0.15, 0.2) is 0 Å². The molecule has 0 radical (unpaired) electrons. The van der Waals surface area contributed by atoms with E-state index in [4.69, 9.17) is 0 Å². The van der Waals surface area contributed by atoms with Gasteiger partial charge in [0.1, 0.15) is 18.2 Å². The minimum absolute atomic E-state index is 0.0303. The molecule has 0 unspecified atom stereocenters. The van der Waals surface area contributed by atoms with E-state index >= 15 is 0 Å². The Morgan fingerprint density at radius 2 is 1.85 bits per heavy atom. The summed E-state index contributed by atoms with van der Waals surface area (Å²) in [7, 11) is 0. The third kappa shape index (κ3) is 4.14. The number of carbonyl (C=O) groups excluding carboxylic acids is 1. The molecule has 0 atom stereocenters. The largest absolute Gasteiger partial charge is 0.480 e. The Bertz CT molecular complexity index is 1400. The monoisotopic (exact) mass is 459 g/mol. The van der Waals surface area contributed by atoms with Crippen LogP contribution in [0.25, 0.3) is 21.8 Å². The molecule has 1 fully saturated rings. The fraction of sp³-hybridized carbons (Fsp3) is 0.296. The molecule has 0 aliphatic heterocycles. The second kappa shape index (κ2) is 8.89. The average molecular weight is 460 g/mol. The lowest BCUT2D eigenvalue weighted by molar-refractivity contribution is -0.137. The summed E-state index contributed by atoms with van der Waals surface area (Å²) in [5, 5.41) is 14.1. The number of para-hydroxylation sites is 1. The van der Waals surface area contributed by atoms with Crippen molar-refractivity contribution in [2.24, 2.45) is 5.92 Å². The number of amides is 1. The molecular formula is C27H26FN3O3. The highest BCUT2D eigenvalue weighted by Crippen LogP contribution is 2.42. The highest BCUT2D eigenvalue weighted by molar-refractivity contribution is 5.93. The van der Waals surface area contributed by atoms with Gasteiger partial charge in [-0.1, -0.05) is 18.2 Å². The Balaban J connectivity index is 1.32. The number of carbonyl (C=O) groups is 2. The van der Waals surface area contributed by atoms with Gasteiger partial charge in [-0.05, 0) is 80.5 Å². The normalized spacial score (nSPS) is 18.3. The zero-order valence-electron chi connectivity index (χ0n) is 18.9. The van der Waals surface area contributed by atoms with Crippen molar-refractivity contribution in [2.75, 3.05) is 5.32 Å². The summed E-state index contributed by atoms with van der Waals surface area (Å²) in [6.45, 7) is 1.74. The van der Waals surface area contributed by atoms with Crippen molar-refractivity contribution in [1.82, 2.24) is 9.55 Å². The van der Waals surface area contributed by atoms with E-state index in [0.717, 1.165) is 45.9 Å². The maximum atomic E-state index is 14.1. The van der Waals surface area contributed by atoms with Crippen LogP contribution in [0, 0.1) is 18.7 Å². The molecule has 0 saturated heterocycles. The van der Waals surface area contributed by atoms with Gasteiger partial charge in [-0.25, -0.2) is 9.37 Å². The number of carboxylic acids is 1. The number of fused-ring (bicyclic) bond motifs is 2. The minimum atomic E-state index is -0.932. The van der Waals surface area contributed by atoms with Crippen LogP contribution in [-0.4, -0.2) is 26.5 Å². The quantitative estimate of drug-likeness (QED) is 0.405. The second-order valence-electron chi connectivity index (χ2n) is 9.07. The van der Waals surface area contributed by atoms with Crippen molar-refractivity contribution >= 4 is 39.5 Å². The standard InChI is InChI=1S/C27H26FN3O3/c1-16-26(21-14-20(28)11-12-23(21)31(16)15-25(32)33)18-6-8-19(9-7-18)27(34)30-24-13-10-17-4-2-3-5-22(17)29-24/h2-5,10-14,18-19H,6-9,15H2,1H3,(H,32,33)(H,29,30,34). The van der Waals surface area contributed by atoms with E-state index in [1.807, 2.05) is 43.3 Å². The van der Waals surface area contributed by atoms with E-state index in [9.17, 15) is 19.1 Å². The Hall–Kier alpha value is -3.74. The highest BCUT2D eigenvalue weighted by Gasteiger charge is 2.30. The van der Waals surface area contributed by atoms with Crippen LogP contribution in [0.15, 0.2) is 54.6 Å². The van der Waals surface area contributed by atoms with Crippen LogP contribution in [0.1, 0.15) is 42.9 Å². The number of hydrogen-bond acceptors (Lipinski definition) is 3. The number of rotatable bonds is 5. The number of carboxylic acid groups (broad SMARTS) is 1. The van der Waals surface area contributed by atoms with Gasteiger partial charge in [0.25, 0.3) is 0 Å². The topological polar surface area (TPSA) is 84.2 Å². The molecular weight excluding hydrogens is 433 g/mol. The first-order chi connectivity index (χ1) is 16.4. The Kier molecular flexibility index (Phi) is 5.77. The summed E-state index contributed by atoms with van der Waals surface area (Å²) >= 11 is 0. The first-order valence-corrected chi connectivity index (χ1v) is 11.6. The molecule has 5 rings (SSSR count). The van der Waals surface area contributed by atoms with Crippen LogP contribution in [-0.2, 0) is 16.1 Å². The summed E-state index contributed by atoms with van der Waals surface area (Å²) in [6, 6.07) is 16.1. The molecule has 2 aromatic carbocycles. The van der Waals surface area contributed by atoms with Crippen molar-refractivity contribution in [2.45, 2.75) is 45.1 Å². The van der Waals surface area contributed by atoms with Gasteiger partial charge in [-0.3, -0.25) is 9.59 Å². The van der Waals surface area contributed by atoms with Gasteiger partial charge in [-0.2, -0.15) is 0 Å². The van der Waals surface area contributed by atoms with Crippen LogP contribution in [0.5, 0.6) is 0 Å². The summed E-state index contributed by atoms with van der Waals surface area (Å²) in [5.41, 5.74) is 3.44. The number of hydrogen-bond donors (Lipinski definition) is 2. The lowest BCUT2D eigenvalue weighted by Crippen LogP contribution is -2.27. The second-order valence-corrected chi connectivity index (χ2v) is 9.07. The van der Waals surface area contributed by atoms with Crippen molar-refractivity contribution in [3.63, 3.8) is 0 Å². The lowest BCUT2D eigenvalue weighted by Gasteiger charge is -2.28. The van der Waals surface area contributed by atoms with Crippen LogP contribution in [0.2, 0.25) is 0 Å². The van der Waals surface area contributed by atoms with Crippen molar-refractivity contribution in [1.29, 1.82) is 0 Å². The van der Waals surface area contributed by atoms with Gasteiger partial charge in [0, 0.05) is 27.9 Å². The van der Waals surface area contributed by atoms with Gasteiger partial charge in [-0.15, -0.1) is 0 Å². The summed E-state index contributed by atoms with van der Waals surface area (Å²) < 4.78 is 15.8. The van der Waals surface area contributed by atoms with Gasteiger partial charge >= 0.3 is 5.97 Å². The molecule has 0 bridgehead atoms. The van der Waals surface area contributed by atoms with Crippen molar-refractivity contribution in [3.8, 4) is 0 Å². The van der Waals surface area contributed by atoms with Crippen LogP contribution >= 0.6 is 0 Å². The smallest absolute Gasteiger partial charge is 0.323 e. The predicted molar refractivity (Wildman–Crippen MR) is 129 cm³/mol. The van der Waals surface area contributed by atoms with E-state index in [-0.39, 0.29) is 30.1 Å². The molecule has 1 aliphatic carbocycles. The molecule has 7 heteroatoms. The SMILES string of the molecule is Cc1c(C2CCC(C(=O)Nc3ccc4ccccc4n3)CC2)c2cc(F)ccc2n1CC(=O)O. The number of nitrogens with one attached hydrogen (secondary N) is 1. The van der Waals surface area contributed by atoms with Crippen molar-refractivity contribution < 1.29 is 19.1 Å². The number of halogens is 1. The molecule has 2 aromatic heterocycles. The third-order valence-corrected chi connectivity index (χ3v) is 6.98. The molecule has 174 valence electrons. The third-order valence-electron chi connectivity index (χ3n) is 6.98. The maximum Gasteiger partial charge on any atom is 0.323 e. The van der Waals surface area contributed by atoms with Crippen LogP contribution in [0.4, 0.5) is 10.2 Å². The number of nitrogens with zero attached hydrogens (tertiary/aromatic N) is 2. The minimum Gasteiger partial charge on any atom is -0.480 e. The Morgan fingerprint density at radius 1 is 1.09 bits per heavy atom. The molecule has 1 aliphatic rings. The fourth-order valence-electron chi connectivity index (χ4n) is 5.34. The van der Waals surface area contributed by atoms with E-state index in [2.05, 4.69) is 10.3 Å². The number of aromatic nitrogens is 2. The lowest BCUT2D eigenvalue weighted by atomic mass is 9.77. The number of benzene rings is 2. The highest BCUT2D eigenvalue weighted by atomic mass is 19.1. The Labute approximate surface area is 196 Å². The molecule has 1 saturated carbocycles. The zero-order chi connectivity index (χ0) is 23.8. The van der Waals surface area contributed by atoms with Crippen LogP contribution in [0.3, 0.4) is 0 Å². The number of aliphatic carboxylic acids is 1. The molecule has 34 heavy (non-hydrogen) atoms. The molecule has 2 heterocycles. The molecule has 2 N–H and O–H groups in total. The van der Waals surface area contributed by atoms with E-state index < -0.39 is 5.97 Å². The number of pyridine rings is 1. The molecule has 4 aromatic rings. The van der Waals surface area contributed by atoms with Gasteiger partial charge < -0.3 is 15.0 Å².